The summed E-state index contributed by atoms with van der Waals surface area (Å²) in [4.78, 5) is 11.7. The van der Waals surface area contributed by atoms with E-state index >= 15 is 0 Å². The van der Waals surface area contributed by atoms with Gasteiger partial charge in [-0.3, -0.25) is 4.79 Å². The lowest BCUT2D eigenvalue weighted by Crippen LogP contribution is -2.27. The summed E-state index contributed by atoms with van der Waals surface area (Å²) in [7, 11) is 0. The van der Waals surface area contributed by atoms with Gasteiger partial charge in [0.15, 0.2) is 0 Å². The number of hydrogen-bond donors (Lipinski definition) is 0. The summed E-state index contributed by atoms with van der Waals surface area (Å²) in [6.45, 7) is 6.89. The third kappa shape index (κ3) is 3.51. The van der Waals surface area contributed by atoms with E-state index in [0.29, 0.717) is 18.9 Å². The SMILES string of the molecule is CCCCOC(=O)CC1(C)C=CC=CC1C. The lowest BCUT2D eigenvalue weighted by atomic mass is 9.73. The van der Waals surface area contributed by atoms with Gasteiger partial charge in [0.25, 0.3) is 0 Å². The zero-order valence-corrected chi connectivity index (χ0v) is 10.5. The Labute approximate surface area is 98.4 Å². The van der Waals surface area contributed by atoms with Crippen LogP contribution in [0.3, 0.4) is 0 Å². The molecular formula is C14H22O2. The van der Waals surface area contributed by atoms with Crippen LogP contribution in [-0.2, 0) is 9.53 Å². The molecule has 0 heterocycles. The van der Waals surface area contributed by atoms with Gasteiger partial charge in [0.1, 0.15) is 0 Å². The van der Waals surface area contributed by atoms with Crippen LogP contribution >= 0.6 is 0 Å². The first kappa shape index (κ1) is 13.0. The van der Waals surface area contributed by atoms with Crippen LogP contribution in [0.15, 0.2) is 24.3 Å². The van der Waals surface area contributed by atoms with Gasteiger partial charge in [-0.15, -0.1) is 0 Å². The lowest BCUT2D eigenvalue weighted by Gasteiger charge is -2.31. The Kier molecular flexibility index (Phi) is 4.78. The Balaban J connectivity index is 2.43. The second-order valence-electron chi connectivity index (χ2n) is 4.79. The molecule has 0 fully saturated rings. The summed E-state index contributed by atoms with van der Waals surface area (Å²) < 4.78 is 5.20. The van der Waals surface area contributed by atoms with Crippen molar-refractivity contribution in [3.63, 3.8) is 0 Å². The number of carbonyl (C=O) groups is 1. The largest absolute Gasteiger partial charge is 0.466 e. The summed E-state index contributed by atoms with van der Waals surface area (Å²) in [6, 6.07) is 0. The van der Waals surface area contributed by atoms with Gasteiger partial charge in [-0.1, -0.05) is 51.5 Å². The molecule has 90 valence electrons. The van der Waals surface area contributed by atoms with Gasteiger partial charge in [-0.05, 0) is 12.3 Å². The Bertz CT molecular complexity index is 291. The molecule has 0 amide bonds. The summed E-state index contributed by atoms with van der Waals surface area (Å²) in [6.07, 6.45) is 10.8. The van der Waals surface area contributed by atoms with Crippen LogP contribution in [0.1, 0.15) is 40.0 Å². The average molecular weight is 222 g/mol. The molecule has 2 nitrogen and oxygen atoms in total. The lowest BCUT2D eigenvalue weighted by molar-refractivity contribution is -0.146. The van der Waals surface area contributed by atoms with E-state index < -0.39 is 0 Å². The maximum atomic E-state index is 11.7. The van der Waals surface area contributed by atoms with Crippen molar-refractivity contribution in [2.24, 2.45) is 11.3 Å². The van der Waals surface area contributed by atoms with Gasteiger partial charge in [0, 0.05) is 5.41 Å². The second kappa shape index (κ2) is 5.88. The molecule has 2 unspecified atom stereocenters. The zero-order valence-electron chi connectivity index (χ0n) is 10.5. The quantitative estimate of drug-likeness (QED) is 0.526. The minimum Gasteiger partial charge on any atom is -0.466 e. The molecule has 16 heavy (non-hydrogen) atoms. The molecule has 0 spiro atoms. The van der Waals surface area contributed by atoms with Crippen molar-refractivity contribution in [3.05, 3.63) is 24.3 Å². The number of esters is 1. The normalized spacial score (nSPS) is 28.1. The maximum Gasteiger partial charge on any atom is 0.306 e. The van der Waals surface area contributed by atoms with Gasteiger partial charge in [0.05, 0.1) is 13.0 Å². The molecule has 0 aromatic heterocycles. The van der Waals surface area contributed by atoms with Gasteiger partial charge in [0.2, 0.25) is 0 Å². The fourth-order valence-corrected chi connectivity index (χ4v) is 1.79. The molecule has 0 aromatic carbocycles. The highest BCUT2D eigenvalue weighted by Crippen LogP contribution is 2.36. The van der Waals surface area contributed by atoms with E-state index in [0.717, 1.165) is 12.8 Å². The van der Waals surface area contributed by atoms with E-state index in [2.05, 4.69) is 32.9 Å². The highest BCUT2D eigenvalue weighted by atomic mass is 16.5. The molecule has 0 aliphatic heterocycles. The highest BCUT2D eigenvalue weighted by molar-refractivity contribution is 5.70. The third-order valence-electron chi connectivity index (χ3n) is 3.31. The van der Waals surface area contributed by atoms with Crippen molar-refractivity contribution in [3.8, 4) is 0 Å². The minimum atomic E-state index is -0.0853. The highest BCUT2D eigenvalue weighted by Gasteiger charge is 2.31. The monoisotopic (exact) mass is 222 g/mol. The van der Waals surface area contributed by atoms with E-state index in [4.69, 9.17) is 4.74 Å². The molecule has 0 saturated carbocycles. The van der Waals surface area contributed by atoms with Crippen LogP contribution in [0.25, 0.3) is 0 Å². The van der Waals surface area contributed by atoms with Crippen LogP contribution in [0.5, 0.6) is 0 Å². The Morgan fingerprint density at radius 1 is 1.44 bits per heavy atom. The predicted octanol–water partition coefficient (Wildman–Crippen LogP) is 3.49. The van der Waals surface area contributed by atoms with Gasteiger partial charge < -0.3 is 4.74 Å². The molecule has 1 rings (SSSR count). The van der Waals surface area contributed by atoms with Crippen LogP contribution in [0.2, 0.25) is 0 Å². The van der Waals surface area contributed by atoms with E-state index in [1.54, 1.807) is 0 Å². The first-order valence-electron chi connectivity index (χ1n) is 6.10. The summed E-state index contributed by atoms with van der Waals surface area (Å²) in [5, 5.41) is 0. The molecule has 2 heteroatoms. The maximum absolute atomic E-state index is 11.7. The average Bonchev–Trinajstić information content (AvgIpc) is 2.23. The first-order chi connectivity index (χ1) is 7.58. The van der Waals surface area contributed by atoms with Gasteiger partial charge >= 0.3 is 5.97 Å². The molecule has 0 saturated heterocycles. The zero-order chi connectivity index (χ0) is 12.0. The van der Waals surface area contributed by atoms with Crippen LogP contribution < -0.4 is 0 Å². The summed E-state index contributed by atoms with van der Waals surface area (Å²) in [5.41, 5.74) is -0.0853. The van der Waals surface area contributed by atoms with Crippen molar-refractivity contribution in [1.29, 1.82) is 0 Å². The third-order valence-corrected chi connectivity index (χ3v) is 3.31. The van der Waals surface area contributed by atoms with Crippen LogP contribution in [-0.4, -0.2) is 12.6 Å². The van der Waals surface area contributed by atoms with Crippen molar-refractivity contribution < 1.29 is 9.53 Å². The molecule has 1 aliphatic rings. The second-order valence-corrected chi connectivity index (χ2v) is 4.79. The summed E-state index contributed by atoms with van der Waals surface area (Å²) >= 11 is 0. The smallest absolute Gasteiger partial charge is 0.306 e. The predicted molar refractivity (Wildman–Crippen MR) is 66.0 cm³/mol. The number of rotatable bonds is 5. The van der Waals surface area contributed by atoms with Crippen molar-refractivity contribution in [1.82, 2.24) is 0 Å². The molecule has 0 bridgehead atoms. The first-order valence-corrected chi connectivity index (χ1v) is 6.10. The Hall–Kier alpha value is -1.05. The molecule has 0 radical (unpaired) electrons. The Morgan fingerprint density at radius 2 is 2.19 bits per heavy atom. The van der Waals surface area contributed by atoms with Gasteiger partial charge in [-0.2, -0.15) is 0 Å². The fraction of sp³-hybridized carbons (Fsp3) is 0.643. The minimum absolute atomic E-state index is 0.0808. The number of carbonyl (C=O) groups excluding carboxylic acids is 1. The molecular weight excluding hydrogens is 200 g/mol. The van der Waals surface area contributed by atoms with Crippen LogP contribution in [0, 0.1) is 11.3 Å². The number of allylic oxidation sites excluding steroid dienone is 4. The van der Waals surface area contributed by atoms with Gasteiger partial charge in [-0.25, -0.2) is 0 Å². The molecule has 0 N–H and O–H groups in total. The molecule has 2 atom stereocenters. The van der Waals surface area contributed by atoms with E-state index in [1.165, 1.54) is 0 Å². The van der Waals surface area contributed by atoms with Crippen molar-refractivity contribution in [2.45, 2.75) is 40.0 Å². The number of ether oxygens (including phenoxy) is 1. The number of unbranched alkanes of at least 4 members (excludes halogenated alkanes) is 1. The molecule has 0 aromatic rings. The Morgan fingerprint density at radius 3 is 2.81 bits per heavy atom. The van der Waals surface area contributed by atoms with E-state index in [-0.39, 0.29) is 11.4 Å². The van der Waals surface area contributed by atoms with E-state index in [9.17, 15) is 4.79 Å². The number of hydrogen-bond acceptors (Lipinski definition) is 2. The van der Waals surface area contributed by atoms with Crippen LogP contribution in [0.4, 0.5) is 0 Å². The van der Waals surface area contributed by atoms with Crippen molar-refractivity contribution >= 4 is 5.97 Å². The fourth-order valence-electron chi connectivity index (χ4n) is 1.79. The van der Waals surface area contributed by atoms with Crippen molar-refractivity contribution in [2.75, 3.05) is 6.61 Å². The van der Waals surface area contributed by atoms with E-state index in [1.807, 2.05) is 12.2 Å². The summed E-state index contributed by atoms with van der Waals surface area (Å²) in [5.74, 6) is 0.305. The standard InChI is InChI=1S/C14H22O2/c1-4-5-10-16-13(15)11-14(3)9-7-6-8-12(14)2/h6-9,12H,4-5,10-11H2,1-3H3. The molecule has 1 aliphatic carbocycles. The topological polar surface area (TPSA) is 26.3 Å².